The summed E-state index contributed by atoms with van der Waals surface area (Å²) in [7, 11) is 16.4. The Hall–Kier alpha value is -12.5. The largest absolute Gasteiger partial charge is 0.544 e. The maximum atomic E-state index is 11.2. The van der Waals surface area contributed by atoms with Gasteiger partial charge in [-0.2, -0.15) is 26.7 Å². The number of carbonyl (C=O) groups excluding carboxylic acids is 1. The lowest BCUT2D eigenvalue weighted by atomic mass is 10.2. The van der Waals surface area contributed by atoms with Gasteiger partial charge in [0, 0.05) is 86.9 Å². The predicted octanol–water partition coefficient (Wildman–Crippen LogP) is 29.5. The monoisotopic (exact) mass is 1980 g/mol. The second-order valence-electron chi connectivity index (χ2n) is 33.0. The van der Waals surface area contributed by atoms with Crippen LogP contribution in [0.15, 0.2) is 266 Å². The highest BCUT2D eigenvalue weighted by Gasteiger charge is 2.18. The van der Waals surface area contributed by atoms with E-state index in [4.69, 9.17) is 74.5 Å². The number of nitrogens with one attached hydrogen (secondary N) is 1. The van der Waals surface area contributed by atoms with Crippen molar-refractivity contribution in [1.82, 2.24) is 35.3 Å². The first-order valence-corrected chi connectivity index (χ1v) is 50.6. The fourth-order valence-electron chi connectivity index (χ4n) is 10.6. The molecule has 1 N–H and O–H groups in total. The molecule has 30 heteroatoms. The number of azo groups is 1. The summed E-state index contributed by atoms with van der Waals surface area (Å²) >= 11 is 16.6. The van der Waals surface area contributed by atoms with Crippen LogP contribution in [0.4, 0.5) is 22.1 Å². The second-order valence-corrected chi connectivity index (χ2v) is 41.4. The molecule has 0 saturated heterocycles. The molecule has 1 aliphatic heterocycles. The van der Waals surface area contributed by atoms with Gasteiger partial charge in [0.1, 0.15) is 28.4 Å². The number of pyridine rings is 2. The number of aryl methyl sites for hydroxylation is 14. The maximum Gasteiger partial charge on any atom is 0.414 e. The van der Waals surface area contributed by atoms with Gasteiger partial charge in [-0.25, -0.2) is 19.7 Å². The van der Waals surface area contributed by atoms with Crippen molar-refractivity contribution in [1.29, 1.82) is 0 Å². The van der Waals surface area contributed by atoms with Crippen LogP contribution < -0.4 is 48.0 Å². The summed E-state index contributed by atoms with van der Waals surface area (Å²) < 4.78 is 57.2. The van der Waals surface area contributed by atoms with E-state index in [2.05, 4.69) is 231 Å². The molecular weight excluding hydrogens is 1840 g/mol. The average molecular weight is 1980 g/mol. The summed E-state index contributed by atoms with van der Waals surface area (Å²) in [6.45, 7) is 44.8. The predicted molar refractivity (Wildman–Crippen MR) is 574 cm³/mol. The molecule has 0 radical (unpaired) electrons. The van der Waals surface area contributed by atoms with Crippen LogP contribution in [0.25, 0.3) is 21.2 Å². The van der Waals surface area contributed by atoms with E-state index in [1.165, 1.54) is 66.0 Å². The van der Waals surface area contributed by atoms with E-state index in [9.17, 15) is 4.79 Å². The minimum atomic E-state index is -1.42. The first-order chi connectivity index (χ1) is 64.9. The molecule has 1 atom stereocenters. The number of nitrogens with zero attached hydrogens (tertiary/aromatic N) is 11. The molecule has 0 fully saturated rings. The summed E-state index contributed by atoms with van der Waals surface area (Å²) in [6.07, 6.45) is 7.87. The van der Waals surface area contributed by atoms with Crippen LogP contribution in [-0.2, 0) is 9.47 Å². The highest BCUT2D eigenvalue weighted by Crippen LogP contribution is 2.30. The Morgan fingerprint density at radius 2 is 1.12 bits per heavy atom. The second kappa shape index (κ2) is 64.5. The molecule has 137 heavy (non-hydrogen) atoms. The first kappa shape index (κ1) is 119. The smallest absolute Gasteiger partial charge is 0.414 e. The number of fused-ring (bicyclic) bond motifs is 2. The number of hydrogen-bond donors (Lipinski definition) is 1. The molecule has 0 saturated carbocycles. The lowest BCUT2D eigenvalue weighted by Crippen LogP contribution is -2.29. The topological polar surface area (TPSA) is 260 Å². The molecule has 736 valence electrons. The third-order valence-electron chi connectivity index (χ3n) is 17.5. The Kier molecular flexibility index (Phi) is 55.8. The summed E-state index contributed by atoms with van der Waals surface area (Å²) in [5.74, 6) is 5.84. The van der Waals surface area contributed by atoms with Gasteiger partial charge in [-0.05, 0) is 326 Å². The highest BCUT2D eigenvalue weighted by molar-refractivity contribution is 7.17. The number of aromatic nitrogens is 7. The van der Waals surface area contributed by atoms with Crippen molar-refractivity contribution in [3.05, 3.63) is 334 Å². The maximum absolute atomic E-state index is 11.2. The lowest BCUT2D eigenvalue weighted by molar-refractivity contribution is 0.0631. The Morgan fingerprint density at radius 1 is 0.511 bits per heavy atom. The average Bonchev–Trinajstić information content (AvgIpc) is 1.38. The Bertz CT molecular complexity index is 5730. The molecule has 7 aromatic carbocycles. The van der Waals surface area contributed by atoms with Crippen molar-refractivity contribution in [3.8, 4) is 40.5 Å². The SMILES string of the molecule is CCOc1ccc(C)cc1N(C)C.COC1N=NC=C1C.COc1ccc(C)cc1OC.COc1ccc(C)cn1.COc1ccc(C)nc1.COc1ccc(C)nn1.Cc1cc(NC(=O)OC(C)(C)C)on1.Cc1ccc(Cl)c(Cl)c1.Cc1ccc(O[Si](C)(C)C)cc1.Cc1ccc2ocnc2c1.Cc1ccc2sccc2c1.Cc1cccc(N(C)C)c1.Cc1ccsc1.Cc1cnc(C)s1. The van der Waals surface area contributed by atoms with Gasteiger partial charge < -0.3 is 61.1 Å². The number of halogens is 2. The van der Waals surface area contributed by atoms with E-state index in [-0.39, 0.29) is 12.1 Å². The number of anilines is 3. The molecule has 8 aromatic heterocycles. The van der Waals surface area contributed by atoms with Crippen molar-refractivity contribution < 1.29 is 56.1 Å². The van der Waals surface area contributed by atoms with Gasteiger partial charge in [0.15, 0.2) is 29.7 Å². The van der Waals surface area contributed by atoms with Crippen molar-refractivity contribution in [2.45, 2.75) is 163 Å². The van der Waals surface area contributed by atoms with Crippen LogP contribution in [0.3, 0.4) is 0 Å². The third-order valence-corrected chi connectivity index (χ3v) is 21.6. The Labute approximate surface area is 836 Å². The molecule has 1 aliphatic rings. The minimum absolute atomic E-state index is 0.116. The normalized spacial score (nSPS) is 10.9. The van der Waals surface area contributed by atoms with E-state index in [1.807, 2.05) is 180 Å². The van der Waals surface area contributed by atoms with Crippen LogP contribution in [-0.4, -0.2) is 139 Å². The molecule has 9 heterocycles. The molecule has 0 spiro atoms. The van der Waals surface area contributed by atoms with Crippen molar-refractivity contribution in [3.63, 3.8) is 0 Å². The fourth-order valence-corrected chi connectivity index (χ4v) is 13.9. The summed E-state index contributed by atoms with van der Waals surface area (Å²) in [4.78, 5) is 32.7. The Morgan fingerprint density at radius 3 is 1.59 bits per heavy atom. The number of rotatable bonds is 13. The van der Waals surface area contributed by atoms with Gasteiger partial charge in [-0.15, -0.1) is 27.8 Å². The number of amides is 1. The van der Waals surface area contributed by atoms with Crippen LogP contribution in [0.1, 0.15) is 112 Å². The van der Waals surface area contributed by atoms with E-state index >= 15 is 0 Å². The summed E-state index contributed by atoms with van der Waals surface area (Å²) in [5, 5.41) is 31.0. The van der Waals surface area contributed by atoms with Crippen LogP contribution in [0.2, 0.25) is 29.7 Å². The highest BCUT2D eigenvalue weighted by atomic mass is 35.5. The first-order valence-electron chi connectivity index (χ1n) is 43.8. The van der Waals surface area contributed by atoms with E-state index < -0.39 is 20.0 Å². The van der Waals surface area contributed by atoms with E-state index in [0.29, 0.717) is 34.1 Å². The zero-order chi connectivity index (χ0) is 102. The molecule has 16 rings (SSSR count). The minimum Gasteiger partial charge on any atom is -0.544 e. The quantitative estimate of drug-likeness (QED) is 0.105. The molecule has 15 aromatic rings. The molecule has 1 amide bonds. The van der Waals surface area contributed by atoms with Crippen LogP contribution >= 0.6 is 57.2 Å². The number of methoxy groups -OCH3 is 6. The van der Waals surface area contributed by atoms with Gasteiger partial charge >= 0.3 is 6.09 Å². The molecule has 0 bridgehead atoms. The molecule has 24 nitrogen and oxygen atoms in total. The number of thiophene rings is 2. The number of oxazole rings is 1. The van der Waals surface area contributed by atoms with Gasteiger partial charge in [0.25, 0.3) is 0 Å². The number of carbonyl (C=O) groups is 1. The van der Waals surface area contributed by atoms with E-state index in [1.54, 1.807) is 141 Å². The molecular formula is C107H140Cl2N12O12S3Si. The van der Waals surface area contributed by atoms with Gasteiger partial charge in [-0.3, -0.25) is 10.3 Å². The van der Waals surface area contributed by atoms with Gasteiger partial charge in [0.2, 0.25) is 26.0 Å². The lowest BCUT2D eigenvalue weighted by Gasteiger charge is -2.18. The zero-order valence-electron chi connectivity index (χ0n) is 85.7. The van der Waals surface area contributed by atoms with Gasteiger partial charge in [0.05, 0.1) is 86.7 Å². The van der Waals surface area contributed by atoms with Crippen molar-refractivity contribution in [2.75, 3.05) is 92.6 Å². The number of benzene rings is 7. The molecule has 0 aliphatic carbocycles. The summed E-state index contributed by atoms with van der Waals surface area (Å²) in [6, 6.07) is 63.9. The summed E-state index contributed by atoms with van der Waals surface area (Å²) in [5.41, 5.74) is 18.5. The number of thiazole rings is 1. The van der Waals surface area contributed by atoms with Crippen LogP contribution in [0, 0.1) is 96.9 Å². The van der Waals surface area contributed by atoms with Crippen molar-refractivity contribution >= 4 is 110 Å². The van der Waals surface area contributed by atoms with Gasteiger partial charge in [-0.1, -0.05) is 106 Å². The fraction of sp³-hybridized carbons (Fsp3) is 0.327. The zero-order valence-corrected chi connectivity index (χ0v) is 90.6. The number of ether oxygens (including phenoxy) is 8. The Balaban J connectivity index is 0.000000381. The van der Waals surface area contributed by atoms with Crippen molar-refractivity contribution in [2.24, 2.45) is 10.2 Å². The van der Waals surface area contributed by atoms with Crippen LogP contribution in [0.5, 0.6) is 40.5 Å². The standard InChI is InChI=1S/C11H17NO.C10H16OSi.C9H14N2O3.C9H13N.C9H12O2.C9H8S.C8H7NO.C7H6Cl2.2C7H9NO.C6H8N2O.C5H8N2O.C5H7NS.C5H6S/c1-5-13-11-7-6-9(2)8-10(11)12(3)4;1-9-5-7-10(8-6-9)11-12(2,3)4;1-6-5-7(14-11-6)10-8(12)13-9(2,3)4;1-8-5-4-6-9(7-8)10(2)3;1-7-4-5-8(10-2)9(6-7)11-3;1-7-2-3-9-8(6-7)4-5-10-9;1-6-2-3-8-7(4-6)9-5-10-8;1-5-2-3-6(8)7(9)4-5;1-6-3-4-7(9-2)5-8-6;1-6-3-4-7(9-2)8-5-6;1-5-3-4-6(9-2)8-7-5;1-4-3-6-7-5(4)8-2;1-4-3-6-5(2)7-4;1-5-2-3-6-4-5/h6-8H,5H2,1-4H3;5-8H,1-4H3;5H,1-4H3,(H,10,12);4-7H,1-3H3;4-6H,1-3H3;2-6H,1H3;2-5H,1H3;2-4H,1H3;2*3-5H,1-2H3;3-4H,1-2H3;3,5H,1-2H3;3H,1-2H3;2-4H,1H3. The number of hydrogen-bond acceptors (Lipinski definition) is 26. The third kappa shape index (κ3) is 52.4. The molecule has 1 unspecified atom stereocenters. The van der Waals surface area contributed by atoms with E-state index in [0.717, 1.165) is 78.6 Å².